The van der Waals surface area contributed by atoms with Gasteiger partial charge in [0.15, 0.2) is 0 Å². The van der Waals surface area contributed by atoms with Crippen LogP contribution in [0.3, 0.4) is 0 Å². The third-order valence-corrected chi connectivity index (χ3v) is 3.09. The quantitative estimate of drug-likeness (QED) is 0.720. The van der Waals surface area contributed by atoms with Crippen molar-refractivity contribution in [1.29, 1.82) is 0 Å². The largest absolute Gasteiger partial charge is 0.468 e. The maximum atomic E-state index is 11.4. The van der Waals surface area contributed by atoms with Gasteiger partial charge in [0.2, 0.25) is 0 Å². The number of fused-ring (bicyclic) bond motifs is 1. The standard InChI is InChI=1S/C13H17N3O3/c1-7(14-8(2)12(17)19-3)9-4-5-10-11(6-9)16-13(18)15-10/h4-8,14H,1-3H3,(H2,15,16,18)/t7?,8-/m0/s1. The van der Waals surface area contributed by atoms with Crippen molar-refractivity contribution < 1.29 is 9.53 Å². The van der Waals surface area contributed by atoms with Gasteiger partial charge in [-0.05, 0) is 31.5 Å². The molecule has 2 rings (SSSR count). The number of H-pyrrole nitrogens is 2. The number of aromatic nitrogens is 2. The number of aromatic amines is 2. The van der Waals surface area contributed by atoms with Crippen LogP contribution >= 0.6 is 0 Å². The minimum absolute atomic E-state index is 0.0306. The average Bonchev–Trinajstić information content (AvgIpc) is 2.76. The first-order valence-electron chi connectivity index (χ1n) is 6.07. The molecular formula is C13H17N3O3. The third-order valence-electron chi connectivity index (χ3n) is 3.09. The number of esters is 1. The van der Waals surface area contributed by atoms with E-state index in [0.717, 1.165) is 16.6 Å². The van der Waals surface area contributed by atoms with E-state index < -0.39 is 0 Å². The molecule has 1 heterocycles. The molecule has 2 atom stereocenters. The molecule has 0 spiro atoms. The lowest BCUT2D eigenvalue weighted by atomic mass is 10.1. The summed E-state index contributed by atoms with van der Waals surface area (Å²) in [7, 11) is 1.36. The molecule has 0 saturated heterocycles. The first-order chi connectivity index (χ1) is 9.01. The summed E-state index contributed by atoms with van der Waals surface area (Å²) in [5.41, 5.74) is 2.28. The Morgan fingerprint density at radius 1 is 1.26 bits per heavy atom. The van der Waals surface area contributed by atoms with Gasteiger partial charge in [-0.3, -0.25) is 10.1 Å². The van der Waals surface area contributed by atoms with E-state index in [1.54, 1.807) is 6.92 Å². The molecule has 1 unspecified atom stereocenters. The van der Waals surface area contributed by atoms with Gasteiger partial charge in [-0.15, -0.1) is 0 Å². The zero-order chi connectivity index (χ0) is 14.0. The molecule has 0 aliphatic heterocycles. The van der Waals surface area contributed by atoms with Gasteiger partial charge in [0.25, 0.3) is 0 Å². The molecule has 102 valence electrons. The van der Waals surface area contributed by atoms with E-state index in [1.807, 2.05) is 25.1 Å². The van der Waals surface area contributed by atoms with E-state index >= 15 is 0 Å². The van der Waals surface area contributed by atoms with Crippen LogP contribution in [0.4, 0.5) is 0 Å². The summed E-state index contributed by atoms with van der Waals surface area (Å²) in [6.45, 7) is 3.70. The normalized spacial score (nSPS) is 14.3. The number of ether oxygens (including phenoxy) is 1. The van der Waals surface area contributed by atoms with Crippen LogP contribution < -0.4 is 11.0 Å². The van der Waals surface area contributed by atoms with Crippen LogP contribution in [0.15, 0.2) is 23.0 Å². The lowest BCUT2D eigenvalue weighted by molar-refractivity contribution is -0.142. The highest BCUT2D eigenvalue weighted by molar-refractivity contribution is 5.76. The Balaban J connectivity index is 2.19. The van der Waals surface area contributed by atoms with Gasteiger partial charge in [-0.25, -0.2) is 4.79 Å². The number of benzene rings is 1. The molecule has 0 aliphatic rings. The molecule has 0 radical (unpaired) electrons. The fraction of sp³-hybridized carbons (Fsp3) is 0.385. The van der Waals surface area contributed by atoms with Gasteiger partial charge >= 0.3 is 11.7 Å². The van der Waals surface area contributed by atoms with Crippen molar-refractivity contribution in [3.63, 3.8) is 0 Å². The molecule has 1 aromatic carbocycles. The molecule has 2 aromatic rings. The zero-order valence-electron chi connectivity index (χ0n) is 11.1. The zero-order valence-corrected chi connectivity index (χ0v) is 11.1. The highest BCUT2D eigenvalue weighted by Gasteiger charge is 2.16. The second kappa shape index (κ2) is 5.27. The number of carbonyl (C=O) groups excluding carboxylic acids is 1. The molecule has 0 aliphatic carbocycles. The Labute approximate surface area is 110 Å². The van der Waals surface area contributed by atoms with Crippen LogP contribution in [0, 0.1) is 0 Å². The van der Waals surface area contributed by atoms with E-state index in [1.165, 1.54) is 7.11 Å². The van der Waals surface area contributed by atoms with E-state index in [-0.39, 0.29) is 23.7 Å². The first-order valence-corrected chi connectivity index (χ1v) is 6.07. The lowest BCUT2D eigenvalue weighted by Crippen LogP contribution is -2.36. The smallest absolute Gasteiger partial charge is 0.323 e. The fourth-order valence-corrected chi connectivity index (χ4v) is 2.04. The number of hydrogen-bond acceptors (Lipinski definition) is 4. The minimum atomic E-state index is -0.388. The Bertz CT molecular complexity index is 644. The predicted molar refractivity (Wildman–Crippen MR) is 71.9 cm³/mol. The van der Waals surface area contributed by atoms with Crippen molar-refractivity contribution in [2.75, 3.05) is 7.11 Å². The molecule has 0 fully saturated rings. The SMILES string of the molecule is COC(=O)[C@H](C)NC(C)c1ccc2[nH]c(=O)[nH]c2c1. The summed E-state index contributed by atoms with van der Waals surface area (Å²) in [5, 5.41) is 3.14. The summed E-state index contributed by atoms with van der Waals surface area (Å²) < 4.78 is 4.67. The van der Waals surface area contributed by atoms with Gasteiger partial charge in [0.1, 0.15) is 6.04 Å². The van der Waals surface area contributed by atoms with Crippen LogP contribution in [0.2, 0.25) is 0 Å². The number of imidazole rings is 1. The summed E-state index contributed by atoms with van der Waals surface area (Å²) in [6.07, 6.45) is 0. The van der Waals surface area contributed by atoms with Crippen molar-refractivity contribution >= 4 is 17.0 Å². The van der Waals surface area contributed by atoms with E-state index in [9.17, 15) is 9.59 Å². The minimum Gasteiger partial charge on any atom is -0.468 e. The van der Waals surface area contributed by atoms with Crippen molar-refractivity contribution in [1.82, 2.24) is 15.3 Å². The van der Waals surface area contributed by atoms with Gasteiger partial charge in [0, 0.05) is 6.04 Å². The highest BCUT2D eigenvalue weighted by Crippen LogP contribution is 2.17. The first kappa shape index (κ1) is 13.4. The second-order valence-electron chi connectivity index (χ2n) is 4.52. The number of hydrogen-bond donors (Lipinski definition) is 3. The Morgan fingerprint density at radius 3 is 2.63 bits per heavy atom. The summed E-state index contributed by atoms with van der Waals surface area (Å²) in [6, 6.07) is 5.21. The lowest BCUT2D eigenvalue weighted by Gasteiger charge is -2.18. The molecule has 1 aromatic heterocycles. The molecule has 6 nitrogen and oxygen atoms in total. The molecule has 0 bridgehead atoms. The molecule has 0 saturated carbocycles. The van der Waals surface area contributed by atoms with Crippen molar-refractivity contribution in [2.45, 2.75) is 25.9 Å². The topological polar surface area (TPSA) is 87.0 Å². The highest BCUT2D eigenvalue weighted by atomic mass is 16.5. The van der Waals surface area contributed by atoms with Crippen molar-refractivity contribution in [2.24, 2.45) is 0 Å². The second-order valence-corrected chi connectivity index (χ2v) is 4.52. The molecule has 19 heavy (non-hydrogen) atoms. The van der Waals surface area contributed by atoms with Crippen LogP contribution in [0.1, 0.15) is 25.5 Å². The van der Waals surface area contributed by atoms with Crippen LogP contribution in [-0.2, 0) is 9.53 Å². The fourth-order valence-electron chi connectivity index (χ4n) is 2.04. The maximum Gasteiger partial charge on any atom is 0.323 e. The maximum absolute atomic E-state index is 11.4. The molecule has 3 N–H and O–H groups in total. The predicted octanol–water partition coefficient (Wildman–Crippen LogP) is 1.07. The van der Waals surface area contributed by atoms with Gasteiger partial charge in [-0.1, -0.05) is 6.07 Å². The van der Waals surface area contributed by atoms with Gasteiger partial charge < -0.3 is 14.7 Å². The van der Waals surface area contributed by atoms with Crippen LogP contribution in [-0.4, -0.2) is 29.1 Å². The van der Waals surface area contributed by atoms with Crippen molar-refractivity contribution in [3.8, 4) is 0 Å². The van der Waals surface area contributed by atoms with E-state index in [0.29, 0.717) is 0 Å². The third kappa shape index (κ3) is 2.85. The van der Waals surface area contributed by atoms with Gasteiger partial charge in [-0.2, -0.15) is 0 Å². The van der Waals surface area contributed by atoms with Gasteiger partial charge in [0.05, 0.1) is 18.1 Å². The van der Waals surface area contributed by atoms with Crippen LogP contribution in [0.5, 0.6) is 0 Å². The number of methoxy groups -OCH3 is 1. The molecule has 6 heteroatoms. The number of carbonyl (C=O) groups is 1. The van der Waals surface area contributed by atoms with E-state index in [2.05, 4.69) is 20.0 Å². The summed E-state index contributed by atoms with van der Waals surface area (Å²) in [5.74, 6) is -0.303. The molecule has 0 amide bonds. The van der Waals surface area contributed by atoms with Crippen LogP contribution in [0.25, 0.3) is 11.0 Å². The average molecular weight is 263 g/mol. The number of nitrogens with one attached hydrogen (secondary N) is 3. The Kier molecular flexibility index (Phi) is 3.71. The van der Waals surface area contributed by atoms with E-state index in [4.69, 9.17) is 0 Å². The van der Waals surface area contributed by atoms with Crippen molar-refractivity contribution in [3.05, 3.63) is 34.2 Å². The summed E-state index contributed by atoms with van der Waals surface area (Å²) in [4.78, 5) is 27.9. The Hall–Kier alpha value is -2.08. The summed E-state index contributed by atoms with van der Waals surface area (Å²) >= 11 is 0. The monoisotopic (exact) mass is 263 g/mol. The Morgan fingerprint density at radius 2 is 1.95 bits per heavy atom. The molecular weight excluding hydrogens is 246 g/mol. The number of rotatable bonds is 4.